The topological polar surface area (TPSA) is 95.1 Å². The fourth-order valence-corrected chi connectivity index (χ4v) is 5.51. The van der Waals surface area contributed by atoms with Crippen LogP contribution < -0.4 is 9.47 Å². The first-order valence-electron chi connectivity index (χ1n) is 12.1. The molecule has 2 unspecified atom stereocenters. The smallest absolute Gasteiger partial charge is 0.255 e. The molecular weight excluding hydrogens is 446 g/mol. The predicted molar refractivity (Wildman–Crippen MR) is 132 cm³/mol. The van der Waals surface area contributed by atoms with Crippen molar-refractivity contribution in [3.8, 4) is 11.5 Å². The summed E-state index contributed by atoms with van der Waals surface area (Å²) in [5, 5.41) is 10.5. The Bertz CT molecular complexity index is 1290. The summed E-state index contributed by atoms with van der Waals surface area (Å²) in [7, 11) is 1.62. The molecule has 3 aromatic rings. The second kappa shape index (κ2) is 8.92. The summed E-state index contributed by atoms with van der Waals surface area (Å²) in [4.78, 5) is 33.7. The highest BCUT2D eigenvalue weighted by Gasteiger charge is 2.56. The van der Waals surface area contributed by atoms with Gasteiger partial charge in [0.05, 0.1) is 32.6 Å². The van der Waals surface area contributed by atoms with E-state index in [-0.39, 0.29) is 37.4 Å². The van der Waals surface area contributed by atoms with Gasteiger partial charge in [-0.3, -0.25) is 9.59 Å². The van der Waals surface area contributed by atoms with Gasteiger partial charge in [0, 0.05) is 29.9 Å². The van der Waals surface area contributed by atoms with Crippen LogP contribution in [0.5, 0.6) is 11.5 Å². The van der Waals surface area contributed by atoms with E-state index in [0.717, 1.165) is 34.1 Å². The van der Waals surface area contributed by atoms with Gasteiger partial charge in [-0.2, -0.15) is 0 Å². The number of carbonyl (C=O) groups excluding carboxylic acids is 2. The molecule has 2 N–H and O–H groups in total. The van der Waals surface area contributed by atoms with E-state index in [0.29, 0.717) is 24.7 Å². The molecule has 0 aliphatic carbocycles. The van der Waals surface area contributed by atoms with Crippen LogP contribution in [-0.2, 0) is 15.1 Å². The number of carbonyl (C=O) groups is 2. The maximum atomic E-state index is 13.7. The number of aliphatic hydroxyl groups excluding tert-OH is 1. The van der Waals surface area contributed by atoms with E-state index in [1.165, 1.54) is 4.90 Å². The summed E-state index contributed by atoms with van der Waals surface area (Å²) in [6, 6.07) is 13.9. The normalized spacial score (nSPS) is 21.8. The Morgan fingerprint density at radius 2 is 1.97 bits per heavy atom. The lowest BCUT2D eigenvalue weighted by Crippen LogP contribution is -2.67. The van der Waals surface area contributed by atoms with Gasteiger partial charge in [-0.15, -0.1) is 0 Å². The van der Waals surface area contributed by atoms with E-state index >= 15 is 0 Å². The molecule has 8 heteroatoms. The number of ether oxygens (including phenoxy) is 2. The lowest BCUT2D eigenvalue weighted by atomic mass is 9.76. The Labute approximate surface area is 204 Å². The van der Waals surface area contributed by atoms with Crippen LogP contribution in [0.2, 0.25) is 0 Å². The molecule has 1 saturated heterocycles. The van der Waals surface area contributed by atoms with Crippen LogP contribution in [0.1, 0.15) is 43.0 Å². The van der Waals surface area contributed by atoms with Gasteiger partial charge in [0.2, 0.25) is 5.91 Å². The second-order valence-corrected chi connectivity index (χ2v) is 9.30. The second-order valence-electron chi connectivity index (χ2n) is 9.30. The summed E-state index contributed by atoms with van der Waals surface area (Å²) in [6.07, 6.45) is 0.892. The molecule has 1 fully saturated rings. The maximum Gasteiger partial charge on any atom is 0.255 e. The van der Waals surface area contributed by atoms with Crippen molar-refractivity contribution in [1.29, 1.82) is 0 Å². The third-order valence-electron chi connectivity index (χ3n) is 7.24. The van der Waals surface area contributed by atoms with E-state index < -0.39 is 5.54 Å². The van der Waals surface area contributed by atoms with Crippen molar-refractivity contribution in [2.45, 2.75) is 31.7 Å². The largest absolute Gasteiger partial charge is 0.493 e. The van der Waals surface area contributed by atoms with E-state index in [1.54, 1.807) is 12.0 Å². The Balaban J connectivity index is 1.69. The first kappa shape index (κ1) is 23.2. The molecular formula is C27H31N3O5. The van der Waals surface area contributed by atoms with E-state index in [9.17, 15) is 14.7 Å². The maximum absolute atomic E-state index is 13.7. The molecule has 2 atom stereocenters. The summed E-state index contributed by atoms with van der Waals surface area (Å²) in [5.74, 6) is 0.843. The number of amides is 2. The average Bonchev–Trinajstić information content (AvgIpc) is 3.27. The number of rotatable bonds is 7. The number of fused-ring (bicyclic) bond motifs is 5. The van der Waals surface area contributed by atoms with Crippen LogP contribution in [0.4, 0.5) is 0 Å². The van der Waals surface area contributed by atoms with Crippen LogP contribution in [0.25, 0.3) is 10.9 Å². The van der Waals surface area contributed by atoms with Gasteiger partial charge >= 0.3 is 0 Å². The van der Waals surface area contributed by atoms with Crippen molar-refractivity contribution in [1.82, 2.24) is 14.8 Å². The summed E-state index contributed by atoms with van der Waals surface area (Å²) in [6.45, 7) is 4.72. The molecule has 1 aromatic heterocycles. The number of aromatic amines is 1. The number of nitrogens with one attached hydrogen (secondary N) is 1. The third kappa shape index (κ3) is 3.55. The van der Waals surface area contributed by atoms with Crippen LogP contribution in [0.15, 0.2) is 42.5 Å². The van der Waals surface area contributed by atoms with Crippen LogP contribution >= 0.6 is 0 Å². The highest BCUT2D eigenvalue weighted by atomic mass is 16.5. The third-order valence-corrected chi connectivity index (χ3v) is 7.24. The molecule has 0 bridgehead atoms. The highest BCUT2D eigenvalue weighted by Crippen LogP contribution is 2.48. The number of nitrogens with zero attached hydrogens (tertiary/aromatic N) is 2. The predicted octanol–water partition coefficient (Wildman–Crippen LogP) is 2.99. The summed E-state index contributed by atoms with van der Waals surface area (Å²) in [5.41, 5.74) is 2.46. The molecule has 184 valence electrons. The van der Waals surface area contributed by atoms with Crippen LogP contribution in [0, 0.1) is 0 Å². The lowest BCUT2D eigenvalue weighted by Gasteiger charge is -2.51. The van der Waals surface area contributed by atoms with Crippen molar-refractivity contribution < 1.29 is 24.2 Å². The Kier molecular flexibility index (Phi) is 5.92. The first-order valence-corrected chi connectivity index (χ1v) is 12.1. The Morgan fingerprint density at radius 1 is 1.17 bits per heavy atom. The molecule has 35 heavy (non-hydrogen) atoms. The Morgan fingerprint density at radius 3 is 2.71 bits per heavy atom. The van der Waals surface area contributed by atoms with Crippen LogP contribution in [-0.4, -0.2) is 71.7 Å². The number of methoxy groups -OCH3 is 1. The van der Waals surface area contributed by atoms with Gasteiger partial charge in [-0.05, 0) is 42.7 Å². The van der Waals surface area contributed by atoms with Gasteiger partial charge in [0.1, 0.15) is 0 Å². The van der Waals surface area contributed by atoms with Crippen molar-refractivity contribution >= 4 is 22.7 Å². The zero-order chi connectivity index (χ0) is 24.7. The fraction of sp³-hybridized carbons (Fsp3) is 0.407. The number of β-amino-alcohol motifs (C(OH)–C–C–N with tert-alkyl or cyclic N) is 1. The zero-order valence-electron chi connectivity index (χ0n) is 20.3. The molecule has 2 aromatic carbocycles. The van der Waals surface area contributed by atoms with Crippen LogP contribution in [0.3, 0.4) is 0 Å². The molecule has 2 aliphatic rings. The van der Waals surface area contributed by atoms with Gasteiger partial charge in [0.15, 0.2) is 17.0 Å². The number of hydrogen-bond acceptors (Lipinski definition) is 5. The highest BCUT2D eigenvalue weighted by molar-refractivity contribution is 6.01. The summed E-state index contributed by atoms with van der Waals surface area (Å²) < 4.78 is 11.5. The van der Waals surface area contributed by atoms with Gasteiger partial charge in [0.25, 0.3) is 5.91 Å². The molecule has 2 amide bonds. The zero-order valence-corrected chi connectivity index (χ0v) is 20.3. The van der Waals surface area contributed by atoms with Crippen molar-refractivity contribution in [3.05, 3.63) is 59.3 Å². The number of piperazine rings is 1. The van der Waals surface area contributed by atoms with Gasteiger partial charge < -0.3 is 29.4 Å². The summed E-state index contributed by atoms with van der Waals surface area (Å²) >= 11 is 0. The van der Waals surface area contributed by atoms with E-state index in [4.69, 9.17) is 9.47 Å². The number of benzene rings is 2. The Hall–Kier alpha value is -3.52. The minimum absolute atomic E-state index is 0.0373. The number of para-hydroxylation sites is 1. The van der Waals surface area contributed by atoms with Gasteiger partial charge in [-0.1, -0.05) is 31.2 Å². The molecule has 3 heterocycles. The fourth-order valence-electron chi connectivity index (χ4n) is 5.51. The number of aliphatic hydroxyl groups is 1. The monoisotopic (exact) mass is 477 g/mol. The van der Waals surface area contributed by atoms with E-state index in [1.807, 2.05) is 49.4 Å². The number of aromatic nitrogens is 1. The minimum Gasteiger partial charge on any atom is -0.493 e. The minimum atomic E-state index is -1.18. The molecule has 0 radical (unpaired) electrons. The van der Waals surface area contributed by atoms with Crippen molar-refractivity contribution in [3.63, 3.8) is 0 Å². The molecule has 2 aliphatic heterocycles. The lowest BCUT2D eigenvalue weighted by molar-refractivity contribution is -0.166. The van der Waals surface area contributed by atoms with Gasteiger partial charge in [-0.25, -0.2) is 0 Å². The van der Waals surface area contributed by atoms with Crippen molar-refractivity contribution in [2.24, 2.45) is 0 Å². The van der Waals surface area contributed by atoms with Crippen molar-refractivity contribution in [2.75, 3.05) is 40.0 Å². The SMILES string of the molecule is CCCOc1ccc(C2CN3C(=O)CN(CCO)C(=O)C3(C)c3[nH]c4ccccc4c32)cc1OC. The molecule has 0 saturated carbocycles. The number of hydrogen-bond donors (Lipinski definition) is 2. The molecule has 8 nitrogen and oxygen atoms in total. The standard InChI is InChI=1S/C27H31N3O5/c1-4-13-35-21-10-9-17(14-22(21)34-3)19-15-30-23(32)16-29(11-12-31)26(33)27(30,2)25-24(19)18-7-5-6-8-20(18)28-25/h5-10,14,19,28,31H,4,11-13,15-16H2,1-3H3. The number of H-pyrrole nitrogens is 1. The average molecular weight is 478 g/mol. The van der Waals surface area contributed by atoms with E-state index in [2.05, 4.69) is 11.9 Å². The first-order chi connectivity index (χ1) is 16.9. The molecule has 5 rings (SSSR count). The quantitative estimate of drug-likeness (QED) is 0.546. The molecule has 0 spiro atoms.